The molecule has 0 aromatic carbocycles. The number of amides is 1. The molecule has 1 amide bonds. The van der Waals surface area contributed by atoms with Crippen molar-refractivity contribution < 1.29 is 14.7 Å². The molecule has 148 valence electrons. The van der Waals surface area contributed by atoms with Gasteiger partial charge in [0.1, 0.15) is 6.04 Å². The maximum absolute atomic E-state index is 11.7. The molecule has 0 spiro atoms. The Labute approximate surface area is 163 Å². The molecule has 0 bridgehead atoms. The molecule has 0 saturated carbocycles. The summed E-state index contributed by atoms with van der Waals surface area (Å²) in [5.41, 5.74) is 5.03. The van der Waals surface area contributed by atoms with Crippen LogP contribution in [0.15, 0.2) is 58.7 Å². The SMILES string of the molecule is CC1=C(/C=C/C(C)=C/C=C/C(C)=C/C(=O)NC(C)C(=O)O)C(C)(C)CCC1. The highest BCUT2D eigenvalue weighted by atomic mass is 16.4. The first-order chi connectivity index (χ1) is 12.5. The van der Waals surface area contributed by atoms with Crippen molar-refractivity contribution in [2.45, 2.75) is 66.8 Å². The number of hydrogen-bond acceptors (Lipinski definition) is 2. The molecule has 2 N–H and O–H groups in total. The highest BCUT2D eigenvalue weighted by Gasteiger charge is 2.26. The van der Waals surface area contributed by atoms with E-state index in [0.717, 1.165) is 11.1 Å². The van der Waals surface area contributed by atoms with Gasteiger partial charge in [0.2, 0.25) is 5.91 Å². The van der Waals surface area contributed by atoms with Gasteiger partial charge in [0.25, 0.3) is 0 Å². The summed E-state index contributed by atoms with van der Waals surface area (Å²) >= 11 is 0. The molecule has 0 saturated heterocycles. The minimum atomic E-state index is -1.05. The molecule has 27 heavy (non-hydrogen) atoms. The summed E-state index contributed by atoms with van der Waals surface area (Å²) in [5, 5.41) is 11.2. The molecule has 1 aliphatic carbocycles. The van der Waals surface area contributed by atoms with Crippen molar-refractivity contribution in [3.63, 3.8) is 0 Å². The molecule has 4 heteroatoms. The number of nitrogens with one attached hydrogen (secondary N) is 1. The van der Waals surface area contributed by atoms with E-state index in [2.05, 4.69) is 38.2 Å². The van der Waals surface area contributed by atoms with E-state index in [1.54, 1.807) is 6.92 Å². The summed E-state index contributed by atoms with van der Waals surface area (Å²) in [6.07, 6.45) is 15.2. The van der Waals surface area contributed by atoms with E-state index in [1.807, 2.05) is 25.2 Å². The van der Waals surface area contributed by atoms with Gasteiger partial charge < -0.3 is 10.4 Å². The van der Waals surface area contributed by atoms with E-state index in [4.69, 9.17) is 5.11 Å². The monoisotopic (exact) mass is 371 g/mol. The zero-order chi connectivity index (χ0) is 20.6. The van der Waals surface area contributed by atoms with Crippen LogP contribution in [-0.4, -0.2) is 23.0 Å². The fourth-order valence-corrected chi connectivity index (χ4v) is 3.20. The summed E-state index contributed by atoms with van der Waals surface area (Å²) in [5.74, 6) is -1.46. The zero-order valence-corrected chi connectivity index (χ0v) is 17.4. The van der Waals surface area contributed by atoms with E-state index in [-0.39, 0.29) is 5.41 Å². The normalized spacial score (nSPS) is 19.6. The smallest absolute Gasteiger partial charge is 0.325 e. The first-order valence-electron chi connectivity index (χ1n) is 9.48. The number of carbonyl (C=O) groups excluding carboxylic acids is 1. The number of aliphatic carboxylic acids is 1. The van der Waals surface area contributed by atoms with Gasteiger partial charge in [0.15, 0.2) is 0 Å². The van der Waals surface area contributed by atoms with Crippen LogP contribution in [0.2, 0.25) is 0 Å². The van der Waals surface area contributed by atoms with Crippen molar-refractivity contribution in [1.29, 1.82) is 0 Å². The highest BCUT2D eigenvalue weighted by molar-refractivity contribution is 5.91. The van der Waals surface area contributed by atoms with Crippen LogP contribution in [0.25, 0.3) is 0 Å². The van der Waals surface area contributed by atoms with Crippen LogP contribution in [0, 0.1) is 5.41 Å². The Balaban J connectivity index is 2.71. The highest BCUT2D eigenvalue weighted by Crippen LogP contribution is 2.40. The summed E-state index contributed by atoms with van der Waals surface area (Å²) in [6, 6.07) is -0.903. The third kappa shape index (κ3) is 7.81. The van der Waals surface area contributed by atoms with Gasteiger partial charge in [-0.3, -0.25) is 9.59 Å². The first-order valence-corrected chi connectivity index (χ1v) is 9.48. The Kier molecular flexibility index (Phi) is 8.48. The van der Waals surface area contributed by atoms with Gasteiger partial charge >= 0.3 is 5.97 Å². The molecular formula is C23H33NO3. The lowest BCUT2D eigenvalue weighted by molar-refractivity contribution is -0.140. The Morgan fingerprint density at radius 3 is 2.44 bits per heavy atom. The second kappa shape index (κ2) is 10.1. The van der Waals surface area contributed by atoms with E-state index in [0.29, 0.717) is 0 Å². The van der Waals surface area contributed by atoms with Gasteiger partial charge in [-0.25, -0.2) is 0 Å². The molecule has 0 radical (unpaired) electrons. The van der Waals surface area contributed by atoms with Crippen LogP contribution in [0.4, 0.5) is 0 Å². The van der Waals surface area contributed by atoms with Gasteiger partial charge in [-0.15, -0.1) is 0 Å². The van der Waals surface area contributed by atoms with Crippen molar-refractivity contribution in [1.82, 2.24) is 5.32 Å². The first kappa shape index (κ1) is 22.7. The number of carbonyl (C=O) groups is 2. The van der Waals surface area contributed by atoms with Crippen molar-refractivity contribution >= 4 is 11.9 Å². The molecule has 1 unspecified atom stereocenters. The van der Waals surface area contributed by atoms with Crippen LogP contribution < -0.4 is 5.32 Å². The minimum Gasteiger partial charge on any atom is -0.480 e. The zero-order valence-electron chi connectivity index (χ0n) is 17.4. The summed E-state index contributed by atoms with van der Waals surface area (Å²) in [6.45, 7) is 12.1. The topological polar surface area (TPSA) is 66.4 Å². The predicted octanol–water partition coefficient (Wildman–Crippen LogP) is 5.11. The fraction of sp³-hybridized carbons (Fsp3) is 0.478. The summed E-state index contributed by atoms with van der Waals surface area (Å²) < 4.78 is 0. The van der Waals surface area contributed by atoms with E-state index in [1.165, 1.54) is 43.4 Å². The van der Waals surface area contributed by atoms with Crippen molar-refractivity contribution in [3.8, 4) is 0 Å². The van der Waals surface area contributed by atoms with Crippen LogP contribution in [-0.2, 0) is 9.59 Å². The van der Waals surface area contributed by atoms with E-state index in [9.17, 15) is 9.59 Å². The van der Waals surface area contributed by atoms with Gasteiger partial charge in [-0.1, -0.05) is 55.4 Å². The number of carboxylic acids is 1. The maximum atomic E-state index is 11.7. The molecule has 1 rings (SSSR count). The number of allylic oxidation sites excluding steroid dienone is 9. The summed E-state index contributed by atoms with van der Waals surface area (Å²) in [7, 11) is 0. The quantitative estimate of drug-likeness (QED) is 0.483. The Bertz CT molecular complexity index is 718. The van der Waals surface area contributed by atoms with Gasteiger partial charge in [-0.2, -0.15) is 0 Å². The minimum absolute atomic E-state index is 0.231. The standard InChI is InChI=1S/C23H33NO3/c1-16(12-13-20-18(3)11-8-14-23(20,5)6)9-7-10-17(2)15-21(25)24-19(4)22(26)27/h7,9-10,12-13,15,19H,8,11,14H2,1-6H3,(H,24,25)(H,26,27)/b10-7+,13-12+,16-9+,17-15+. The molecule has 1 aliphatic rings. The molecular weight excluding hydrogens is 338 g/mol. The molecule has 0 aromatic heterocycles. The second-order valence-corrected chi connectivity index (χ2v) is 7.99. The predicted molar refractivity (Wildman–Crippen MR) is 111 cm³/mol. The molecule has 0 aromatic rings. The van der Waals surface area contributed by atoms with Crippen molar-refractivity contribution in [2.24, 2.45) is 5.41 Å². The van der Waals surface area contributed by atoms with E-state index >= 15 is 0 Å². The number of carboxylic acid groups (broad SMARTS) is 1. The van der Waals surface area contributed by atoms with Crippen LogP contribution in [0.5, 0.6) is 0 Å². The van der Waals surface area contributed by atoms with Crippen molar-refractivity contribution in [3.05, 3.63) is 58.7 Å². The Hall–Kier alpha value is -2.36. The largest absolute Gasteiger partial charge is 0.480 e. The number of rotatable bonds is 7. The van der Waals surface area contributed by atoms with Gasteiger partial charge in [-0.05, 0) is 63.5 Å². The van der Waals surface area contributed by atoms with E-state index < -0.39 is 17.9 Å². The molecule has 1 atom stereocenters. The average Bonchev–Trinajstić information content (AvgIpc) is 2.53. The van der Waals surface area contributed by atoms with Gasteiger partial charge in [0, 0.05) is 6.08 Å². The van der Waals surface area contributed by atoms with Crippen molar-refractivity contribution in [2.75, 3.05) is 0 Å². The third-order valence-corrected chi connectivity index (χ3v) is 4.86. The third-order valence-electron chi connectivity index (χ3n) is 4.86. The van der Waals surface area contributed by atoms with Crippen LogP contribution in [0.3, 0.4) is 0 Å². The van der Waals surface area contributed by atoms with Crippen LogP contribution in [0.1, 0.15) is 60.8 Å². The summed E-state index contributed by atoms with van der Waals surface area (Å²) in [4.78, 5) is 22.5. The molecule has 0 aliphatic heterocycles. The second-order valence-electron chi connectivity index (χ2n) is 7.99. The average molecular weight is 372 g/mol. The van der Waals surface area contributed by atoms with Crippen LogP contribution >= 0.6 is 0 Å². The lowest BCUT2D eigenvalue weighted by Gasteiger charge is -2.32. The lowest BCUT2D eigenvalue weighted by atomic mass is 9.72. The maximum Gasteiger partial charge on any atom is 0.325 e. The number of hydrogen-bond donors (Lipinski definition) is 2. The molecule has 0 fully saturated rings. The Morgan fingerprint density at radius 1 is 1.19 bits per heavy atom. The van der Waals surface area contributed by atoms with Gasteiger partial charge in [0.05, 0.1) is 0 Å². The molecule has 4 nitrogen and oxygen atoms in total. The molecule has 0 heterocycles. The fourth-order valence-electron chi connectivity index (χ4n) is 3.20. The lowest BCUT2D eigenvalue weighted by Crippen LogP contribution is -2.37. The Morgan fingerprint density at radius 2 is 1.85 bits per heavy atom.